The lowest BCUT2D eigenvalue weighted by molar-refractivity contribution is 0.476. The van der Waals surface area contributed by atoms with Gasteiger partial charge in [0.05, 0.1) is 16.3 Å². The van der Waals surface area contributed by atoms with Crippen molar-refractivity contribution in [3.63, 3.8) is 0 Å². The molecule has 2 aromatic rings. The van der Waals surface area contributed by atoms with Crippen LogP contribution in [0.25, 0.3) is 0 Å². The van der Waals surface area contributed by atoms with E-state index in [0.717, 1.165) is 5.69 Å². The topological polar surface area (TPSA) is 115 Å². The van der Waals surface area contributed by atoms with Crippen molar-refractivity contribution in [2.24, 2.45) is 10.2 Å². The van der Waals surface area contributed by atoms with Crippen LogP contribution in [0.2, 0.25) is 0 Å². The Morgan fingerprint density at radius 3 is 1.79 bits per heavy atom. The van der Waals surface area contributed by atoms with Crippen molar-refractivity contribution in [2.75, 3.05) is 19.0 Å². The standard InChI is InChI=1S/C14H17N4O4PS/c1-18(2)13-7-3-11(4-8-13)15-16-12-5-9-14(10-6-12)24(21,22)17-23(19)20/h3-10,17,19-20H,1-2H3. The van der Waals surface area contributed by atoms with Gasteiger partial charge in [-0.05, 0) is 48.5 Å². The van der Waals surface area contributed by atoms with Crippen LogP contribution in [0.3, 0.4) is 0 Å². The largest absolute Gasteiger partial charge is 0.378 e. The first kappa shape index (κ1) is 18.4. The van der Waals surface area contributed by atoms with E-state index in [9.17, 15) is 8.42 Å². The Morgan fingerprint density at radius 1 is 0.917 bits per heavy atom. The highest BCUT2D eigenvalue weighted by molar-refractivity contribution is 7.94. The SMILES string of the molecule is CN(C)c1ccc(N=Nc2ccc(S(=O)(=O)NP(O)O)cc2)cc1. The molecule has 2 aromatic carbocycles. The molecule has 24 heavy (non-hydrogen) atoms. The summed E-state index contributed by atoms with van der Waals surface area (Å²) in [5.74, 6) is 0. The molecule has 8 nitrogen and oxygen atoms in total. The van der Waals surface area contributed by atoms with Gasteiger partial charge in [-0.15, -0.1) is 4.49 Å². The van der Waals surface area contributed by atoms with Crippen molar-refractivity contribution in [3.05, 3.63) is 48.5 Å². The molecular formula is C14H17N4O4PS. The molecule has 0 fully saturated rings. The van der Waals surface area contributed by atoms with Gasteiger partial charge in [0.25, 0.3) is 8.53 Å². The summed E-state index contributed by atoms with van der Waals surface area (Å²) in [7, 11) is -2.82. The van der Waals surface area contributed by atoms with Crippen LogP contribution in [0.5, 0.6) is 0 Å². The van der Waals surface area contributed by atoms with Gasteiger partial charge in [0.2, 0.25) is 10.0 Å². The van der Waals surface area contributed by atoms with E-state index in [1.54, 1.807) is 4.49 Å². The summed E-state index contributed by atoms with van der Waals surface area (Å²) in [6.07, 6.45) is 0. The summed E-state index contributed by atoms with van der Waals surface area (Å²) in [4.78, 5) is 19.4. The van der Waals surface area contributed by atoms with Crippen LogP contribution in [-0.2, 0) is 10.0 Å². The molecule has 128 valence electrons. The zero-order valence-electron chi connectivity index (χ0n) is 13.0. The highest BCUT2D eigenvalue weighted by Crippen LogP contribution is 2.25. The molecule has 0 saturated carbocycles. The van der Waals surface area contributed by atoms with Gasteiger partial charge in [0.1, 0.15) is 0 Å². The molecule has 0 radical (unpaired) electrons. The van der Waals surface area contributed by atoms with Crippen molar-refractivity contribution in [3.8, 4) is 0 Å². The number of nitrogens with one attached hydrogen (secondary N) is 1. The fourth-order valence-corrected chi connectivity index (χ4v) is 3.56. The van der Waals surface area contributed by atoms with Crippen LogP contribution in [0.1, 0.15) is 0 Å². The molecule has 0 aliphatic carbocycles. The Kier molecular flexibility index (Phi) is 5.98. The first-order valence-corrected chi connectivity index (χ1v) is 9.50. The predicted octanol–water partition coefficient (Wildman–Crippen LogP) is 2.66. The normalized spacial score (nSPS) is 12.0. The second-order valence-electron chi connectivity index (χ2n) is 4.99. The van der Waals surface area contributed by atoms with Gasteiger partial charge in [-0.2, -0.15) is 10.2 Å². The van der Waals surface area contributed by atoms with Gasteiger partial charge in [0, 0.05) is 19.8 Å². The van der Waals surface area contributed by atoms with E-state index in [4.69, 9.17) is 9.79 Å². The number of nitrogens with zero attached hydrogens (tertiary/aromatic N) is 3. The Bertz CT molecular complexity index is 806. The summed E-state index contributed by atoms with van der Waals surface area (Å²) in [5.41, 5.74) is 2.19. The fraction of sp³-hybridized carbons (Fsp3) is 0.143. The summed E-state index contributed by atoms with van der Waals surface area (Å²) in [6.45, 7) is 0. The lowest BCUT2D eigenvalue weighted by Crippen LogP contribution is -2.18. The average molecular weight is 368 g/mol. The Morgan fingerprint density at radius 2 is 1.38 bits per heavy atom. The fourth-order valence-electron chi connectivity index (χ4n) is 1.79. The van der Waals surface area contributed by atoms with Gasteiger partial charge in [0.15, 0.2) is 0 Å². The van der Waals surface area contributed by atoms with Gasteiger partial charge in [-0.1, -0.05) is 0 Å². The molecule has 0 bridgehead atoms. The van der Waals surface area contributed by atoms with Crippen LogP contribution in [0, 0.1) is 0 Å². The number of sulfonamides is 1. The van der Waals surface area contributed by atoms with Gasteiger partial charge in [-0.3, -0.25) is 0 Å². The van der Waals surface area contributed by atoms with Gasteiger partial charge < -0.3 is 14.7 Å². The third-order valence-electron chi connectivity index (χ3n) is 3.00. The first-order valence-electron chi connectivity index (χ1n) is 6.77. The third kappa shape index (κ3) is 5.05. The van der Waals surface area contributed by atoms with Crippen molar-refractivity contribution in [2.45, 2.75) is 4.90 Å². The summed E-state index contributed by atoms with van der Waals surface area (Å²) in [5, 5.41) is 8.12. The molecule has 0 spiro atoms. The second-order valence-corrected chi connectivity index (χ2v) is 7.78. The maximum atomic E-state index is 11.7. The zero-order valence-corrected chi connectivity index (χ0v) is 14.7. The van der Waals surface area contributed by atoms with Crippen molar-refractivity contribution in [1.82, 2.24) is 4.49 Å². The molecule has 2 rings (SSSR count). The van der Waals surface area contributed by atoms with E-state index >= 15 is 0 Å². The summed E-state index contributed by atoms with van der Waals surface area (Å²) < 4.78 is 25.2. The third-order valence-corrected chi connectivity index (χ3v) is 5.50. The zero-order chi connectivity index (χ0) is 17.7. The van der Waals surface area contributed by atoms with Crippen molar-refractivity contribution < 1.29 is 18.2 Å². The molecule has 0 aliphatic rings. The molecule has 0 aromatic heterocycles. The van der Waals surface area contributed by atoms with Crippen LogP contribution in [0.15, 0.2) is 63.7 Å². The summed E-state index contributed by atoms with van der Waals surface area (Å²) in [6, 6.07) is 13.1. The van der Waals surface area contributed by atoms with Gasteiger partial charge in [-0.25, -0.2) is 8.42 Å². The van der Waals surface area contributed by atoms with Gasteiger partial charge >= 0.3 is 0 Å². The predicted molar refractivity (Wildman–Crippen MR) is 93.1 cm³/mol. The van der Waals surface area contributed by atoms with E-state index in [1.165, 1.54) is 24.3 Å². The van der Waals surface area contributed by atoms with E-state index in [-0.39, 0.29) is 4.90 Å². The second kappa shape index (κ2) is 7.78. The van der Waals surface area contributed by atoms with E-state index in [1.807, 2.05) is 43.3 Å². The maximum Gasteiger partial charge on any atom is 0.264 e. The molecule has 0 aliphatic heterocycles. The first-order chi connectivity index (χ1) is 11.3. The molecule has 0 heterocycles. The minimum atomic E-state index is -3.95. The van der Waals surface area contributed by atoms with Crippen LogP contribution in [0.4, 0.5) is 17.1 Å². The molecule has 0 saturated heterocycles. The molecule has 0 unspecified atom stereocenters. The number of hydrogen-bond acceptors (Lipinski definition) is 7. The summed E-state index contributed by atoms with van der Waals surface area (Å²) >= 11 is 0. The molecule has 0 amide bonds. The Labute approximate surface area is 141 Å². The quantitative estimate of drug-likeness (QED) is 0.536. The van der Waals surface area contributed by atoms with Crippen LogP contribution >= 0.6 is 8.53 Å². The maximum absolute atomic E-state index is 11.7. The van der Waals surface area contributed by atoms with E-state index in [0.29, 0.717) is 11.4 Å². The van der Waals surface area contributed by atoms with Crippen LogP contribution < -0.4 is 9.39 Å². The molecule has 10 heteroatoms. The minimum Gasteiger partial charge on any atom is -0.378 e. The molecular weight excluding hydrogens is 351 g/mol. The van der Waals surface area contributed by atoms with E-state index in [2.05, 4.69) is 10.2 Å². The lowest BCUT2D eigenvalue weighted by Gasteiger charge is -2.11. The molecule has 3 N–H and O–H groups in total. The highest BCUT2D eigenvalue weighted by Gasteiger charge is 2.17. The monoisotopic (exact) mass is 368 g/mol. The number of rotatable bonds is 6. The molecule has 0 atom stereocenters. The average Bonchev–Trinajstić information content (AvgIpc) is 2.52. The number of azo groups is 1. The Balaban J connectivity index is 2.11. The van der Waals surface area contributed by atoms with Crippen LogP contribution in [-0.4, -0.2) is 32.3 Å². The minimum absolute atomic E-state index is 0.0904. The smallest absolute Gasteiger partial charge is 0.264 e. The number of anilines is 1. The van der Waals surface area contributed by atoms with Crippen molar-refractivity contribution >= 4 is 35.6 Å². The lowest BCUT2D eigenvalue weighted by atomic mass is 10.3. The highest BCUT2D eigenvalue weighted by atomic mass is 32.2. The van der Waals surface area contributed by atoms with E-state index < -0.39 is 18.5 Å². The van der Waals surface area contributed by atoms with Crippen molar-refractivity contribution in [1.29, 1.82) is 0 Å². The number of benzene rings is 2. The Hall–Kier alpha value is -1.90. The number of hydrogen-bond donors (Lipinski definition) is 3.